The van der Waals surface area contributed by atoms with Crippen LogP contribution in [0.2, 0.25) is 0 Å². The molecular formula is C10H15NO5. The van der Waals surface area contributed by atoms with Crippen molar-refractivity contribution < 1.29 is 23.9 Å². The van der Waals surface area contributed by atoms with Crippen molar-refractivity contribution in [2.45, 2.75) is 32.9 Å². The Morgan fingerprint density at radius 3 is 2.19 bits per heavy atom. The third-order valence-corrected chi connectivity index (χ3v) is 2.25. The quantitative estimate of drug-likeness (QED) is 0.664. The number of carbonyl (C=O) groups excluding carboxylic acids is 3. The summed E-state index contributed by atoms with van der Waals surface area (Å²) in [6.45, 7) is 4.13. The fourth-order valence-corrected chi connectivity index (χ4v) is 1.53. The van der Waals surface area contributed by atoms with E-state index < -0.39 is 11.9 Å². The molecule has 0 aromatic heterocycles. The lowest BCUT2D eigenvalue weighted by molar-refractivity contribution is -0.144. The topological polar surface area (TPSA) is 81.7 Å². The second kappa shape index (κ2) is 4.96. The molecule has 1 fully saturated rings. The van der Waals surface area contributed by atoms with Crippen molar-refractivity contribution >= 4 is 17.8 Å². The molecule has 0 aromatic rings. The zero-order chi connectivity index (χ0) is 12.3. The van der Waals surface area contributed by atoms with Crippen LogP contribution in [0, 0.1) is 5.92 Å². The van der Waals surface area contributed by atoms with Crippen LogP contribution in [0.15, 0.2) is 0 Å². The number of esters is 2. The Balaban J connectivity index is 2.44. The van der Waals surface area contributed by atoms with Crippen molar-refractivity contribution in [2.24, 2.45) is 5.92 Å². The van der Waals surface area contributed by atoms with Gasteiger partial charge in [0.2, 0.25) is 5.91 Å². The molecule has 1 rings (SSSR count). The molecule has 16 heavy (non-hydrogen) atoms. The zero-order valence-electron chi connectivity index (χ0n) is 9.48. The van der Waals surface area contributed by atoms with Crippen molar-refractivity contribution in [3.05, 3.63) is 0 Å². The van der Waals surface area contributed by atoms with Crippen LogP contribution in [-0.4, -0.2) is 36.6 Å². The fraction of sp³-hybridized carbons (Fsp3) is 0.700. The van der Waals surface area contributed by atoms with E-state index in [-0.39, 0.29) is 30.6 Å². The highest BCUT2D eigenvalue weighted by Gasteiger charge is 2.54. The van der Waals surface area contributed by atoms with Gasteiger partial charge in [0.1, 0.15) is 6.10 Å². The Morgan fingerprint density at radius 2 is 1.75 bits per heavy atom. The maximum atomic E-state index is 10.8. The predicted octanol–water partition coefficient (Wildman–Crippen LogP) is -0.384. The van der Waals surface area contributed by atoms with E-state index in [2.05, 4.69) is 5.32 Å². The summed E-state index contributed by atoms with van der Waals surface area (Å²) >= 11 is 0. The minimum atomic E-state index is -0.411. The molecule has 90 valence electrons. The van der Waals surface area contributed by atoms with E-state index in [1.54, 1.807) is 0 Å². The molecule has 6 nitrogen and oxygen atoms in total. The molecular weight excluding hydrogens is 214 g/mol. The van der Waals surface area contributed by atoms with Gasteiger partial charge in [-0.15, -0.1) is 0 Å². The molecule has 6 heteroatoms. The van der Waals surface area contributed by atoms with Crippen molar-refractivity contribution in [3.8, 4) is 0 Å². The third-order valence-electron chi connectivity index (χ3n) is 2.25. The Hall–Kier alpha value is -1.59. The number of amides is 1. The largest absolute Gasteiger partial charge is 0.465 e. The lowest BCUT2D eigenvalue weighted by Crippen LogP contribution is -2.26. The van der Waals surface area contributed by atoms with Gasteiger partial charge in [0.25, 0.3) is 0 Å². The van der Waals surface area contributed by atoms with E-state index in [1.165, 1.54) is 20.8 Å². The zero-order valence-corrected chi connectivity index (χ0v) is 9.48. The molecule has 0 aliphatic heterocycles. The van der Waals surface area contributed by atoms with Crippen LogP contribution in [0.1, 0.15) is 20.8 Å². The van der Waals surface area contributed by atoms with Gasteiger partial charge in [0, 0.05) is 20.8 Å². The van der Waals surface area contributed by atoms with E-state index in [0.717, 1.165) is 0 Å². The number of carbonyl (C=O) groups is 3. The summed E-state index contributed by atoms with van der Waals surface area (Å²) < 4.78 is 9.78. The molecule has 1 aliphatic carbocycles. The van der Waals surface area contributed by atoms with E-state index in [0.29, 0.717) is 0 Å². The summed E-state index contributed by atoms with van der Waals surface area (Å²) in [5, 5.41) is 2.64. The standard InChI is InChI=1S/C10H15NO5/c1-5(12)11-9-8(4-15-6(2)13)10(9)16-7(3)14/h8-10H,4H2,1-3H3,(H,11,12). The third kappa shape index (κ3) is 3.52. The van der Waals surface area contributed by atoms with Gasteiger partial charge in [0.15, 0.2) is 0 Å². The van der Waals surface area contributed by atoms with Crippen molar-refractivity contribution in [1.82, 2.24) is 5.32 Å². The van der Waals surface area contributed by atoms with Gasteiger partial charge >= 0.3 is 11.9 Å². The summed E-state index contributed by atoms with van der Waals surface area (Å²) in [5.41, 5.74) is 0. The SMILES string of the molecule is CC(=O)NC1C(COC(C)=O)C1OC(C)=O. The molecule has 3 atom stereocenters. The maximum Gasteiger partial charge on any atom is 0.302 e. The molecule has 0 saturated heterocycles. The molecule has 0 spiro atoms. The number of hydrogen-bond donors (Lipinski definition) is 1. The minimum absolute atomic E-state index is 0.142. The molecule has 0 radical (unpaired) electrons. The fourth-order valence-electron chi connectivity index (χ4n) is 1.53. The molecule has 1 N–H and O–H groups in total. The molecule has 0 aromatic carbocycles. The predicted molar refractivity (Wildman–Crippen MR) is 53.3 cm³/mol. The maximum absolute atomic E-state index is 10.8. The molecule has 1 saturated carbocycles. The molecule has 3 unspecified atom stereocenters. The number of hydrogen-bond acceptors (Lipinski definition) is 5. The highest BCUT2D eigenvalue weighted by molar-refractivity contribution is 5.74. The van der Waals surface area contributed by atoms with Crippen LogP contribution in [0.3, 0.4) is 0 Å². The minimum Gasteiger partial charge on any atom is -0.465 e. The average molecular weight is 229 g/mol. The smallest absolute Gasteiger partial charge is 0.302 e. The van der Waals surface area contributed by atoms with Gasteiger partial charge in [-0.3, -0.25) is 14.4 Å². The van der Waals surface area contributed by atoms with E-state index in [1.807, 2.05) is 0 Å². The van der Waals surface area contributed by atoms with E-state index in [9.17, 15) is 14.4 Å². The van der Waals surface area contributed by atoms with Crippen LogP contribution < -0.4 is 5.32 Å². The average Bonchev–Trinajstić information content (AvgIpc) is 2.72. The van der Waals surface area contributed by atoms with Crippen LogP contribution in [0.4, 0.5) is 0 Å². The number of ether oxygens (including phenoxy) is 2. The summed E-state index contributed by atoms with van der Waals surface area (Å²) in [5.74, 6) is -1.15. The van der Waals surface area contributed by atoms with E-state index in [4.69, 9.17) is 9.47 Å². The molecule has 1 amide bonds. The van der Waals surface area contributed by atoms with Crippen LogP contribution in [-0.2, 0) is 23.9 Å². The van der Waals surface area contributed by atoms with Crippen molar-refractivity contribution in [3.63, 3.8) is 0 Å². The van der Waals surface area contributed by atoms with Crippen LogP contribution >= 0.6 is 0 Å². The Labute approximate surface area is 93.3 Å². The summed E-state index contributed by atoms with van der Waals surface area (Å²) in [4.78, 5) is 32.2. The number of rotatable bonds is 4. The first-order chi connectivity index (χ1) is 7.41. The van der Waals surface area contributed by atoms with E-state index >= 15 is 0 Å². The van der Waals surface area contributed by atoms with Gasteiger partial charge in [-0.2, -0.15) is 0 Å². The Morgan fingerprint density at radius 1 is 1.12 bits per heavy atom. The molecule has 0 bridgehead atoms. The van der Waals surface area contributed by atoms with Gasteiger partial charge in [-0.1, -0.05) is 0 Å². The molecule has 1 aliphatic rings. The second-order valence-corrected chi connectivity index (χ2v) is 3.77. The lowest BCUT2D eigenvalue weighted by atomic mass is 10.4. The van der Waals surface area contributed by atoms with Gasteiger partial charge < -0.3 is 14.8 Å². The van der Waals surface area contributed by atoms with Crippen molar-refractivity contribution in [2.75, 3.05) is 6.61 Å². The normalized spacial score (nSPS) is 26.8. The van der Waals surface area contributed by atoms with Crippen LogP contribution in [0.5, 0.6) is 0 Å². The monoisotopic (exact) mass is 229 g/mol. The summed E-state index contributed by atoms with van der Waals surface area (Å²) in [7, 11) is 0. The van der Waals surface area contributed by atoms with Crippen LogP contribution in [0.25, 0.3) is 0 Å². The van der Waals surface area contributed by atoms with Crippen molar-refractivity contribution in [1.29, 1.82) is 0 Å². The highest BCUT2D eigenvalue weighted by atomic mass is 16.6. The lowest BCUT2D eigenvalue weighted by Gasteiger charge is -2.00. The summed E-state index contributed by atoms with van der Waals surface area (Å²) in [6.07, 6.45) is -0.388. The molecule has 0 heterocycles. The number of nitrogens with one attached hydrogen (secondary N) is 1. The Bertz CT molecular complexity index is 292. The van der Waals surface area contributed by atoms with Gasteiger partial charge in [-0.25, -0.2) is 0 Å². The Kier molecular flexibility index (Phi) is 3.87. The second-order valence-electron chi connectivity index (χ2n) is 3.77. The highest BCUT2D eigenvalue weighted by Crippen LogP contribution is 2.35. The first-order valence-electron chi connectivity index (χ1n) is 4.99. The van der Waals surface area contributed by atoms with Gasteiger partial charge in [-0.05, 0) is 0 Å². The van der Waals surface area contributed by atoms with Gasteiger partial charge in [0.05, 0.1) is 18.6 Å². The first kappa shape index (κ1) is 12.5. The summed E-state index contributed by atoms with van der Waals surface area (Å²) in [6, 6.07) is -0.249. The first-order valence-corrected chi connectivity index (χ1v) is 4.99.